The van der Waals surface area contributed by atoms with Crippen molar-refractivity contribution in [3.8, 4) is 0 Å². The topological polar surface area (TPSA) is 36.4 Å². The smallest absolute Gasteiger partial charge is 0.0897 e. The molecule has 1 heterocycles. The van der Waals surface area contributed by atoms with Crippen molar-refractivity contribution in [2.45, 2.75) is 45.2 Å². The minimum Gasteiger partial charge on any atom is -0.396 e. The summed E-state index contributed by atoms with van der Waals surface area (Å²) in [7, 11) is 0. The first-order valence-electron chi connectivity index (χ1n) is 8.12. The first-order valence-corrected chi connectivity index (χ1v) is 8.93. The maximum absolute atomic E-state index is 9.24. The van der Waals surface area contributed by atoms with Crippen LogP contribution in [0.5, 0.6) is 0 Å². The highest BCUT2D eigenvalue weighted by atomic mass is 32.1. The van der Waals surface area contributed by atoms with E-state index in [1.54, 1.807) is 11.3 Å². The van der Waals surface area contributed by atoms with E-state index in [1.807, 2.05) is 6.20 Å². The van der Waals surface area contributed by atoms with Gasteiger partial charge in [-0.1, -0.05) is 24.3 Å². The van der Waals surface area contributed by atoms with Crippen LogP contribution in [0.3, 0.4) is 0 Å². The van der Waals surface area contributed by atoms with E-state index in [1.165, 1.54) is 35.3 Å². The number of aromatic nitrogens is 1. The molecule has 1 unspecified atom stereocenters. The van der Waals surface area contributed by atoms with E-state index in [0.717, 1.165) is 24.5 Å². The van der Waals surface area contributed by atoms with Crippen molar-refractivity contribution >= 4 is 11.3 Å². The fourth-order valence-corrected chi connectivity index (χ4v) is 4.23. The van der Waals surface area contributed by atoms with E-state index in [-0.39, 0.29) is 6.61 Å². The zero-order valence-electron chi connectivity index (χ0n) is 13.2. The Morgan fingerprint density at radius 3 is 3.00 bits per heavy atom. The number of aliphatic hydroxyl groups excluding tert-OH is 1. The third-order valence-electron chi connectivity index (χ3n) is 4.41. The molecule has 3 rings (SSSR count). The van der Waals surface area contributed by atoms with Gasteiger partial charge in [0.1, 0.15) is 0 Å². The average Bonchev–Trinajstić information content (AvgIpc) is 2.96. The molecule has 0 radical (unpaired) electrons. The number of nitrogens with zero attached hydrogens (tertiary/aromatic N) is 2. The molecule has 118 valence electrons. The molecule has 4 heteroatoms. The van der Waals surface area contributed by atoms with Crippen molar-refractivity contribution < 1.29 is 5.11 Å². The van der Waals surface area contributed by atoms with Crippen LogP contribution in [0.2, 0.25) is 0 Å². The largest absolute Gasteiger partial charge is 0.396 e. The maximum Gasteiger partial charge on any atom is 0.0897 e. The number of aryl methyl sites for hydroxylation is 2. The molecule has 0 amide bonds. The quantitative estimate of drug-likeness (QED) is 0.882. The minimum atomic E-state index is 0.257. The van der Waals surface area contributed by atoms with Crippen LogP contribution in [0.15, 0.2) is 30.5 Å². The third-order valence-corrected chi connectivity index (χ3v) is 5.31. The van der Waals surface area contributed by atoms with Crippen LogP contribution in [0, 0.1) is 6.92 Å². The molecule has 0 aliphatic heterocycles. The Labute approximate surface area is 136 Å². The summed E-state index contributed by atoms with van der Waals surface area (Å²) in [5.41, 5.74) is 2.97. The summed E-state index contributed by atoms with van der Waals surface area (Å²) in [6.07, 6.45) is 6.48. The van der Waals surface area contributed by atoms with Gasteiger partial charge < -0.3 is 5.11 Å². The summed E-state index contributed by atoms with van der Waals surface area (Å²) in [6, 6.07) is 9.31. The fourth-order valence-electron chi connectivity index (χ4n) is 3.41. The van der Waals surface area contributed by atoms with Crippen LogP contribution >= 0.6 is 11.3 Å². The number of aliphatic hydroxyl groups is 1. The van der Waals surface area contributed by atoms with E-state index in [4.69, 9.17) is 0 Å². The van der Waals surface area contributed by atoms with Crippen molar-refractivity contribution in [1.29, 1.82) is 0 Å². The van der Waals surface area contributed by atoms with Gasteiger partial charge in [0, 0.05) is 36.8 Å². The van der Waals surface area contributed by atoms with E-state index in [9.17, 15) is 5.11 Å². The van der Waals surface area contributed by atoms with Crippen molar-refractivity contribution in [3.05, 3.63) is 51.5 Å². The van der Waals surface area contributed by atoms with E-state index in [0.29, 0.717) is 6.04 Å². The lowest BCUT2D eigenvalue weighted by Crippen LogP contribution is -2.32. The second-order valence-electron chi connectivity index (χ2n) is 6.00. The Morgan fingerprint density at radius 1 is 1.36 bits per heavy atom. The predicted molar refractivity (Wildman–Crippen MR) is 91.1 cm³/mol. The minimum absolute atomic E-state index is 0.257. The van der Waals surface area contributed by atoms with Crippen LogP contribution in [0.25, 0.3) is 0 Å². The SMILES string of the molecule is Cc1ncc(CN(CCCO)C2CCCc3ccccc32)s1. The lowest BCUT2D eigenvalue weighted by molar-refractivity contribution is 0.153. The zero-order valence-corrected chi connectivity index (χ0v) is 14.0. The van der Waals surface area contributed by atoms with Crippen molar-refractivity contribution in [1.82, 2.24) is 9.88 Å². The average molecular weight is 316 g/mol. The molecule has 1 aliphatic carbocycles. The molecule has 1 aromatic carbocycles. The molecule has 0 saturated carbocycles. The standard InChI is InChI=1S/C18H24N2OS/c1-14-19-12-16(22-14)13-20(10-5-11-21)18-9-4-7-15-6-2-3-8-17(15)18/h2-3,6,8,12,18,21H,4-5,7,9-11,13H2,1H3. The first kappa shape index (κ1) is 15.7. The van der Waals surface area contributed by atoms with Gasteiger partial charge in [0.25, 0.3) is 0 Å². The van der Waals surface area contributed by atoms with Crippen LogP contribution < -0.4 is 0 Å². The molecular weight excluding hydrogens is 292 g/mol. The maximum atomic E-state index is 9.24. The lowest BCUT2D eigenvalue weighted by atomic mass is 9.86. The third kappa shape index (κ3) is 3.57. The van der Waals surface area contributed by atoms with Crippen molar-refractivity contribution in [2.24, 2.45) is 0 Å². The van der Waals surface area contributed by atoms with E-state index in [2.05, 4.69) is 41.1 Å². The highest BCUT2D eigenvalue weighted by molar-refractivity contribution is 7.11. The molecule has 0 saturated heterocycles. The van der Waals surface area contributed by atoms with Gasteiger partial charge in [-0.3, -0.25) is 4.90 Å². The normalized spacial score (nSPS) is 17.7. The molecule has 3 nitrogen and oxygen atoms in total. The summed E-state index contributed by atoms with van der Waals surface area (Å²) in [5.74, 6) is 0. The molecule has 0 fully saturated rings. The Balaban J connectivity index is 1.82. The van der Waals surface area contributed by atoms with E-state index >= 15 is 0 Å². The Kier molecular flexibility index (Phi) is 5.24. The number of hydrogen-bond donors (Lipinski definition) is 1. The van der Waals surface area contributed by atoms with Crippen LogP contribution in [-0.2, 0) is 13.0 Å². The van der Waals surface area contributed by atoms with Gasteiger partial charge in [0.2, 0.25) is 0 Å². The Bertz CT molecular complexity index is 611. The van der Waals surface area contributed by atoms with Gasteiger partial charge >= 0.3 is 0 Å². The number of thiazole rings is 1. The second kappa shape index (κ2) is 7.36. The molecule has 1 atom stereocenters. The van der Waals surface area contributed by atoms with Gasteiger partial charge in [0.05, 0.1) is 5.01 Å². The highest BCUT2D eigenvalue weighted by Gasteiger charge is 2.25. The van der Waals surface area contributed by atoms with Gasteiger partial charge in [-0.05, 0) is 43.7 Å². The fraction of sp³-hybridized carbons (Fsp3) is 0.500. The molecule has 0 bridgehead atoms. The van der Waals surface area contributed by atoms with Crippen molar-refractivity contribution in [2.75, 3.05) is 13.2 Å². The number of rotatable bonds is 6. The Morgan fingerprint density at radius 2 is 2.23 bits per heavy atom. The van der Waals surface area contributed by atoms with Gasteiger partial charge in [-0.15, -0.1) is 11.3 Å². The van der Waals surface area contributed by atoms with Crippen LogP contribution in [0.4, 0.5) is 0 Å². The van der Waals surface area contributed by atoms with Crippen LogP contribution in [0.1, 0.15) is 46.3 Å². The van der Waals surface area contributed by atoms with Gasteiger partial charge in [-0.2, -0.15) is 0 Å². The van der Waals surface area contributed by atoms with E-state index < -0.39 is 0 Å². The highest BCUT2D eigenvalue weighted by Crippen LogP contribution is 2.35. The molecule has 1 aromatic heterocycles. The molecule has 1 aliphatic rings. The number of hydrogen-bond acceptors (Lipinski definition) is 4. The number of fused-ring (bicyclic) bond motifs is 1. The van der Waals surface area contributed by atoms with Gasteiger partial charge in [-0.25, -0.2) is 4.98 Å². The zero-order chi connectivity index (χ0) is 15.4. The molecule has 22 heavy (non-hydrogen) atoms. The molecule has 1 N–H and O–H groups in total. The van der Waals surface area contributed by atoms with Gasteiger partial charge in [0.15, 0.2) is 0 Å². The molecule has 0 spiro atoms. The first-order chi connectivity index (χ1) is 10.8. The number of benzene rings is 1. The summed E-state index contributed by atoms with van der Waals surface area (Å²) < 4.78 is 0. The molecule has 2 aromatic rings. The lowest BCUT2D eigenvalue weighted by Gasteiger charge is -2.35. The van der Waals surface area contributed by atoms with Crippen molar-refractivity contribution in [3.63, 3.8) is 0 Å². The Hall–Kier alpha value is -1.23. The monoisotopic (exact) mass is 316 g/mol. The predicted octanol–water partition coefficient (Wildman–Crippen LogP) is 3.71. The summed E-state index contributed by atoms with van der Waals surface area (Å²) in [6.45, 7) is 4.19. The second-order valence-corrected chi connectivity index (χ2v) is 7.32. The molecular formula is C18H24N2OS. The summed E-state index contributed by atoms with van der Waals surface area (Å²) >= 11 is 1.78. The summed E-state index contributed by atoms with van der Waals surface area (Å²) in [5, 5.41) is 10.4. The summed E-state index contributed by atoms with van der Waals surface area (Å²) in [4.78, 5) is 8.23. The van der Waals surface area contributed by atoms with Crippen LogP contribution in [-0.4, -0.2) is 28.1 Å².